The van der Waals surface area contributed by atoms with Gasteiger partial charge in [0, 0.05) is 16.3 Å². The molecule has 0 aliphatic heterocycles. The van der Waals surface area contributed by atoms with Gasteiger partial charge in [0.05, 0.1) is 17.7 Å². The number of thiophene rings is 1. The molecule has 2 heterocycles. The molecule has 124 valence electrons. The first-order valence-corrected chi connectivity index (χ1v) is 9.56. The van der Waals surface area contributed by atoms with Crippen LogP contribution in [0.5, 0.6) is 0 Å². The van der Waals surface area contributed by atoms with Crippen molar-refractivity contribution in [3.8, 4) is 0 Å². The third kappa shape index (κ3) is 4.30. The second-order valence-corrected chi connectivity index (χ2v) is 8.33. The Bertz CT molecular complexity index is 808. The fraction of sp³-hybridized carbons (Fsp3) is 0.263. The maximum absolute atomic E-state index is 12.9. The van der Waals surface area contributed by atoms with E-state index in [2.05, 4.69) is 36.2 Å². The van der Waals surface area contributed by atoms with E-state index in [4.69, 9.17) is 0 Å². The zero-order valence-electron chi connectivity index (χ0n) is 13.9. The Kier molecular flexibility index (Phi) is 5.43. The minimum atomic E-state index is 0.0718. The van der Waals surface area contributed by atoms with E-state index in [1.165, 1.54) is 26.7 Å². The molecule has 0 saturated heterocycles. The van der Waals surface area contributed by atoms with Gasteiger partial charge in [0.15, 0.2) is 0 Å². The van der Waals surface area contributed by atoms with Crippen LogP contribution >= 0.6 is 22.7 Å². The highest BCUT2D eigenvalue weighted by Gasteiger charge is 2.19. The van der Waals surface area contributed by atoms with E-state index in [-0.39, 0.29) is 5.91 Å². The van der Waals surface area contributed by atoms with Gasteiger partial charge in [-0.2, -0.15) is 0 Å². The molecular weight excluding hydrogens is 336 g/mol. The van der Waals surface area contributed by atoms with Gasteiger partial charge >= 0.3 is 0 Å². The quantitative estimate of drug-likeness (QED) is 0.641. The van der Waals surface area contributed by atoms with Crippen LogP contribution in [0.4, 0.5) is 0 Å². The third-order valence-electron chi connectivity index (χ3n) is 3.78. The Morgan fingerprint density at radius 1 is 1.08 bits per heavy atom. The second kappa shape index (κ2) is 7.73. The molecule has 0 aliphatic rings. The van der Waals surface area contributed by atoms with Crippen LogP contribution < -0.4 is 0 Å². The Morgan fingerprint density at radius 3 is 2.50 bits per heavy atom. The predicted molar refractivity (Wildman–Crippen MR) is 101 cm³/mol. The summed E-state index contributed by atoms with van der Waals surface area (Å²) in [6, 6.07) is 14.5. The molecule has 2 aromatic heterocycles. The molecule has 3 rings (SSSR count). The Hall–Kier alpha value is -1.98. The summed E-state index contributed by atoms with van der Waals surface area (Å²) in [7, 11) is 0. The maximum atomic E-state index is 12.9. The first-order chi connectivity index (χ1) is 11.6. The van der Waals surface area contributed by atoms with Crippen molar-refractivity contribution in [1.29, 1.82) is 0 Å². The van der Waals surface area contributed by atoms with E-state index in [0.717, 1.165) is 11.4 Å². The van der Waals surface area contributed by atoms with Gasteiger partial charge in [-0.25, -0.2) is 4.98 Å². The van der Waals surface area contributed by atoms with Gasteiger partial charge in [0.2, 0.25) is 0 Å². The summed E-state index contributed by atoms with van der Waals surface area (Å²) in [5.41, 5.74) is 1.25. The smallest absolute Gasteiger partial charge is 0.265 e. The van der Waals surface area contributed by atoms with Crippen molar-refractivity contribution in [2.75, 3.05) is 6.54 Å². The Morgan fingerprint density at radius 2 is 1.88 bits per heavy atom. The van der Waals surface area contributed by atoms with E-state index in [1.807, 2.05) is 30.0 Å². The fourth-order valence-corrected chi connectivity index (χ4v) is 4.19. The first-order valence-electron chi connectivity index (χ1n) is 7.93. The molecule has 0 saturated carbocycles. The van der Waals surface area contributed by atoms with Crippen LogP contribution in [-0.2, 0) is 13.0 Å². The van der Waals surface area contributed by atoms with Crippen molar-refractivity contribution in [2.45, 2.75) is 26.8 Å². The number of rotatable bonds is 6. The lowest BCUT2D eigenvalue weighted by molar-refractivity contribution is 0.0751. The number of carbonyl (C=O) groups excluding carboxylic acids is 1. The molecule has 0 radical (unpaired) electrons. The molecule has 0 fully saturated rings. The zero-order chi connectivity index (χ0) is 16.9. The number of aromatic nitrogens is 1. The lowest BCUT2D eigenvalue weighted by Gasteiger charge is -2.21. The van der Waals surface area contributed by atoms with Gasteiger partial charge in [-0.1, -0.05) is 30.3 Å². The molecule has 0 bridgehead atoms. The lowest BCUT2D eigenvalue weighted by Crippen LogP contribution is -2.31. The molecule has 3 aromatic rings. The van der Waals surface area contributed by atoms with Crippen molar-refractivity contribution in [3.63, 3.8) is 0 Å². The molecule has 24 heavy (non-hydrogen) atoms. The van der Waals surface area contributed by atoms with E-state index >= 15 is 0 Å². The summed E-state index contributed by atoms with van der Waals surface area (Å²) in [5.74, 6) is 0.0718. The van der Waals surface area contributed by atoms with Crippen LogP contribution in [0.3, 0.4) is 0 Å². The molecule has 3 nitrogen and oxygen atoms in total. The Labute approximate surface area is 150 Å². The summed E-state index contributed by atoms with van der Waals surface area (Å²) in [4.78, 5) is 22.3. The van der Waals surface area contributed by atoms with Crippen LogP contribution in [0.1, 0.15) is 30.0 Å². The van der Waals surface area contributed by atoms with Crippen LogP contribution in [-0.4, -0.2) is 22.3 Å². The summed E-state index contributed by atoms with van der Waals surface area (Å²) >= 11 is 3.21. The molecule has 1 amide bonds. The summed E-state index contributed by atoms with van der Waals surface area (Å²) in [6.07, 6.45) is 2.55. The molecule has 0 unspecified atom stereocenters. The van der Waals surface area contributed by atoms with Crippen LogP contribution in [0, 0.1) is 13.8 Å². The third-order valence-corrected chi connectivity index (χ3v) is 5.66. The predicted octanol–water partition coefficient (Wildman–Crippen LogP) is 4.71. The number of amides is 1. The van der Waals surface area contributed by atoms with E-state index in [9.17, 15) is 4.79 Å². The molecule has 0 aliphatic carbocycles. The Balaban J connectivity index is 1.76. The highest BCUT2D eigenvalue weighted by atomic mass is 32.1. The molecule has 0 atom stereocenters. The molecule has 0 N–H and O–H groups in total. The fourth-order valence-electron chi connectivity index (χ4n) is 2.54. The number of benzene rings is 1. The van der Waals surface area contributed by atoms with Gasteiger partial charge in [-0.3, -0.25) is 4.79 Å². The molecular formula is C19H20N2OS2. The van der Waals surface area contributed by atoms with Crippen molar-refractivity contribution in [2.24, 2.45) is 0 Å². The van der Waals surface area contributed by atoms with Crippen LogP contribution in [0.15, 0.2) is 48.7 Å². The van der Waals surface area contributed by atoms with Crippen molar-refractivity contribution >= 4 is 28.6 Å². The topological polar surface area (TPSA) is 33.2 Å². The molecule has 1 aromatic carbocycles. The van der Waals surface area contributed by atoms with Crippen molar-refractivity contribution in [1.82, 2.24) is 9.88 Å². The average molecular weight is 357 g/mol. The largest absolute Gasteiger partial charge is 0.332 e. The summed E-state index contributed by atoms with van der Waals surface area (Å²) in [5, 5.41) is 0.924. The van der Waals surface area contributed by atoms with Crippen molar-refractivity contribution in [3.05, 3.63) is 73.9 Å². The van der Waals surface area contributed by atoms with E-state index in [1.54, 1.807) is 17.5 Å². The van der Waals surface area contributed by atoms with Gasteiger partial charge in [0.1, 0.15) is 4.88 Å². The minimum Gasteiger partial charge on any atom is -0.332 e. The lowest BCUT2D eigenvalue weighted by atomic mass is 10.1. The normalized spacial score (nSPS) is 10.8. The highest BCUT2D eigenvalue weighted by molar-refractivity contribution is 7.13. The standard InChI is InChI=1S/C19H20N2OS2/c1-14-8-9-17(23-14)13-21(11-10-16-6-4-3-5-7-16)19(22)18-12-20-15(2)24-18/h3-9,12H,10-11,13H2,1-2H3. The SMILES string of the molecule is Cc1ccc(CN(CCc2ccccc2)C(=O)c2cnc(C)s2)s1. The maximum Gasteiger partial charge on any atom is 0.265 e. The van der Waals surface area contributed by atoms with E-state index < -0.39 is 0 Å². The minimum absolute atomic E-state index is 0.0718. The van der Waals surface area contributed by atoms with Gasteiger partial charge in [0.25, 0.3) is 5.91 Å². The van der Waals surface area contributed by atoms with Crippen LogP contribution in [0.25, 0.3) is 0 Å². The highest BCUT2D eigenvalue weighted by Crippen LogP contribution is 2.21. The number of thiazole rings is 1. The monoisotopic (exact) mass is 356 g/mol. The number of carbonyl (C=O) groups is 1. The van der Waals surface area contributed by atoms with Gasteiger partial charge < -0.3 is 4.90 Å². The number of hydrogen-bond donors (Lipinski definition) is 0. The summed E-state index contributed by atoms with van der Waals surface area (Å²) in [6.45, 7) is 5.38. The molecule has 5 heteroatoms. The summed E-state index contributed by atoms with van der Waals surface area (Å²) < 4.78 is 0. The van der Waals surface area contributed by atoms with Crippen molar-refractivity contribution < 1.29 is 4.79 Å². The average Bonchev–Trinajstić information content (AvgIpc) is 3.20. The van der Waals surface area contributed by atoms with Gasteiger partial charge in [-0.05, 0) is 38.0 Å². The van der Waals surface area contributed by atoms with Gasteiger partial charge in [-0.15, -0.1) is 22.7 Å². The number of nitrogens with zero attached hydrogens (tertiary/aromatic N) is 2. The first kappa shape index (κ1) is 16.9. The number of aryl methyl sites for hydroxylation is 2. The molecule has 0 spiro atoms. The zero-order valence-corrected chi connectivity index (χ0v) is 15.5. The second-order valence-electron chi connectivity index (χ2n) is 5.72. The number of hydrogen-bond acceptors (Lipinski definition) is 4. The van der Waals surface area contributed by atoms with Crippen LogP contribution in [0.2, 0.25) is 0 Å². The van der Waals surface area contributed by atoms with E-state index in [0.29, 0.717) is 18.0 Å².